The summed E-state index contributed by atoms with van der Waals surface area (Å²) < 4.78 is 1.58. The third-order valence-corrected chi connectivity index (χ3v) is 5.40. The van der Waals surface area contributed by atoms with Crippen molar-refractivity contribution in [1.82, 2.24) is 14.9 Å². The number of aromatic nitrogens is 2. The van der Waals surface area contributed by atoms with Gasteiger partial charge in [0.15, 0.2) is 5.16 Å². The number of nitrogens with zero attached hydrogens (tertiary/aromatic N) is 2. The number of hydrogen-bond donors (Lipinski definition) is 1. The van der Waals surface area contributed by atoms with Gasteiger partial charge in [-0.05, 0) is 49.2 Å². The minimum atomic E-state index is -0.181. The van der Waals surface area contributed by atoms with E-state index < -0.39 is 0 Å². The Hall–Kier alpha value is -2.31. The van der Waals surface area contributed by atoms with E-state index in [0.29, 0.717) is 21.1 Å². The predicted molar refractivity (Wildman–Crippen MR) is 107 cm³/mol. The van der Waals surface area contributed by atoms with Crippen LogP contribution in [-0.4, -0.2) is 28.3 Å². The molecule has 3 rings (SSSR count). The van der Waals surface area contributed by atoms with Crippen LogP contribution in [0.2, 0.25) is 5.02 Å². The molecule has 1 N–H and O–H groups in total. The highest BCUT2D eigenvalue weighted by atomic mass is 35.5. The molecule has 0 atom stereocenters. The van der Waals surface area contributed by atoms with Gasteiger partial charge in [-0.1, -0.05) is 35.5 Å². The highest BCUT2D eigenvalue weighted by Crippen LogP contribution is 2.25. The second kappa shape index (κ2) is 7.51. The van der Waals surface area contributed by atoms with E-state index in [1.54, 1.807) is 29.8 Å². The SMILES string of the molecule is CNC(=O)CSc1nc2cc(Cl)ccc2c(=O)n1-c1cccc(C)c1C. The number of aryl methyl sites for hydroxylation is 1. The quantitative estimate of drug-likeness (QED) is 0.549. The Morgan fingerprint density at radius 2 is 2.04 bits per heavy atom. The predicted octanol–water partition coefficient (Wildman–Crippen LogP) is 3.49. The Kier molecular flexibility index (Phi) is 5.34. The van der Waals surface area contributed by atoms with Crippen LogP contribution in [0.25, 0.3) is 16.6 Å². The van der Waals surface area contributed by atoms with Gasteiger partial charge in [0.25, 0.3) is 5.56 Å². The van der Waals surface area contributed by atoms with Gasteiger partial charge in [-0.2, -0.15) is 0 Å². The first kappa shape index (κ1) is 18.5. The summed E-state index contributed by atoms with van der Waals surface area (Å²) in [6.45, 7) is 3.96. The number of rotatable bonds is 4. The minimum absolute atomic E-state index is 0.136. The first-order valence-electron chi connectivity index (χ1n) is 8.04. The van der Waals surface area contributed by atoms with Gasteiger partial charge in [0, 0.05) is 12.1 Å². The molecule has 0 radical (unpaired) electrons. The van der Waals surface area contributed by atoms with Crippen LogP contribution in [0.5, 0.6) is 0 Å². The van der Waals surface area contributed by atoms with E-state index in [-0.39, 0.29) is 17.2 Å². The summed E-state index contributed by atoms with van der Waals surface area (Å²) in [5.41, 5.74) is 3.17. The van der Waals surface area contributed by atoms with Crippen LogP contribution in [0.1, 0.15) is 11.1 Å². The Morgan fingerprint density at radius 1 is 1.27 bits per heavy atom. The third kappa shape index (κ3) is 3.48. The van der Waals surface area contributed by atoms with Crippen molar-refractivity contribution in [3.05, 3.63) is 62.9 Å². The van der Waals surface area contributed by atoms with Gasteiger partial charge in [-0.25, -0.2) is 4.98 Å². The smallest absolute Gasteiger partial charge is 0.266 e. The van der Waals surface area contributed by atoms with Gasteiger partial charge < -0.3 is 5.32 Å². The number of amides is 1. The van der Waals surface area contributed by atoms with Crippen molar-refractivity contribution in [3.63, 3.8) is 0 Å². The molecule has 7 heteroatoms. The van der Waals surface area contributed by atoms with E-state index >= 15 is 0 Å². The topological polar surface area (TPSA) is 64.0 Å². The number of benzene rings is 2. The van der Waals surface area contributed by atoms with Gasteiger partial charge in [0.05, 0.1) is 22.3 Å². The molecule has 0 spiro atoms. The molecular weight excluding hydrogens is 370 g/mol. The molecule has 0 bridgehead atoms. The maximum Gasteiger partial charge on any atom is 0.266 e. The van der Waals surface area contributed by atoms with E-state index in [1.165, 1.54) is 11.8 Å². The van der Waals surface area contributed by atoms with E-state index in [9.17, 15) is 9.59 Å². The molecule has 2 aromatic carbocycles. The second-order valence-electron chi connectivity index (χ2n) is 5.88. The van der Waals surface area contributed by atoms with Gasteiger partial charge in [0.2, 0.25) is 5.91 Å². The fourth-order valence-corrected chi connectivity index (χ4v) is 3.67. The lowest BCUT2D eigenvalue weighted by Gasteiger charge is -2.16. The van der Waals surface area contributed by atoms with Gasteiger partial charge >= 0.3 is 0 Å². The Labute approximate surface area is 160 Å². The highest BCUT2D eigenvalue weighted by Gasteiger charge is 2.16. The molecule has 0 saturated carbocycles. The van der Waals surface area contributed by atoms with E-state index in [0.717, 1.165) is 16.8 Å². The van der Waals surface area contributed by atoms with Gasteiger partial charge in [0.1, 0.15) is 0 Å². The Bertz CT molecular complexity index is 1060. The van der Waals surface area contributed by atoms with Crippen LogP contribution in [-0.2, 0) is 4.79 Å². The van der Waals surface area contributed by atoms with Crippen molar-refractivity contribution >= 4 is 40.2 Å². The summed E-state index contributed by atoms with van der Waals surface area (Å²) in [4.78, 5) is 29.5. The number of fused-ring (bicyclic) bond motifs is 1. The van der Waals surface area contributed by atoms with Gasteiger partial charge in [-0.15, -0.1) is 0 Å². The molecule has 0 unspecified atom stereocenters. The molecule has 0 aliphatic rings. The van der Waals surface area contributed by atoms with Crippen molar-refractivity contribution in [2.45, 2.75) is 19.0 Å². The lowest BCUT2D eigenvalue weighted by molar-refractivity contribution is -0.118. The average molecular weight is 388 g/mol. The molecule has 0 fully saturated rings. The number of carbonyl (C=O) groups is 1. The molecule has 3 aromatic rings. The zero-order valence-electron chi connectivity index (χ0n) is 14.7. The standard InChI is InChI=1S/C19H18ClN3O2S/c1-11-5-4-6-16(12(11)2)23-18(25)14-8-7-13(20)9-15(14)22-19(23)26-10-17(24)21-3/h4-9H,10H2,1-3H3,(H,21,24). The number of carbonyl (C=O) groups excluding carboxylic acids is 1. The molecule has 5 nitrogen and oxygen atoms in total. The number of nitrogens with one attached hydrogen (secondary N) is 1. The minimum Gasteiger partial charge on any atom is -0.358 e. The average Bonchev–Trinajstić information content (AvgIpc) is 2.62. The van der Waals surface area contributed by atoms with Crippen molar-refractivity contribution in [2.75, 3.05) is 12.8 Å². The molecule has 1 amide bonds. The normalized spacial score (nSPS) is 10.9. The van der Waals surface area contributed by atoms with Crippen molar-refractivity contribution in [3.8, 4) is 5.69 Å². The maximum atomic E-state index is 13.2. The summed E-state index contributed by atoms with van der Waals surface area (Å²) in [5, 5.41) is 4.04. The summed E-state index contributed by atoms with van der Waals surface area (Å²) in [5.74, 6) is 0.0304. The first-order chi connectivity index (χ1) is 12.4. The summed E-state index contributed by atoms with van der Waals surface area (Å²) in [6, 6.07) is 10.8. The Morgan fingerprint density at radius 3 is 2.77 bits per heavy atom. The van der Waals surface area contributed by atoms with Crippen LogP contribution >= 0.6 is 23.4 Å². The van der Waals surface area contributed by atoms with E-state index in [2.05, 4.69) is 10.3 Å². The Balaban J connectivity index is 2.29. The molecule has 1 heterocycles. The zero-order chi connectivity index (χ0) is 18.8. The van der Waals surface area contributed by atoms with E-state index in [4.69, 9.17) is 11.6 Å². The number of halogens is 1. The molecule has 26 heavy (non-hydrogen) atoms. The second-order valence-corrected chi connectivity index (χ2v) is 7.26. The zero-order valence-corrected chi connectivity index (χ0v) is 16.2. The molecule has 0 aliphatic carbocycles. The molecule has 0 aliphatic heterocycles. The monoisotopic (exact) mass is 387 g/mol. The van der Waals surface area contributed by atoms with Gasteiger partial charge in [-0.3, -0.25) is 14.2 Å². The third-order valence-electron chi connectivity index (χ3n) is 4.23. The molecule has 0 saturated heterocycles. The van der Waals surface area contributed by atoms with Crippen LogP contribution in [0.15, 0.2) is 46.3 Å². The molecule has 1 aromatic heterocycles. The van der Waals surface area contributed by atoms with Crippen LogP contribution < -0.4 is 10.9 Å². The molecule has 134 valence electrons. The van der Waals surface area contributed by atoms with Crippen molar-refractivity contribution in [1.29, 1.82) is 0 Å². The summed E-state index contributed by atoms with van der Waals surface area (Å²) in [7, 11) is 1.58. The summed E-state index contributed by atoms with van der Waals surface area (Å²) in [6.07, 6.45) is 0. The number of thioether (sulfide) groups is 1. The molecular formula is C19H18ClN3O2S. The lowest BCUT2D eigenvalue weighted by Crippen LogP contribution is -2.24. The lowest BCUT2D eigenvalue weighted by atomic mass is 10.1. The van der Waals surface area contributed by atoms with Crippen LogP contribution in [0.4, 0.5) is 0 Å². The van der Waals surface area contributed by atoms with E-state index in [1.807, 2.05) is 32.0 Å². The maximum absolute atomic E-state index is 13.2. The highest BCUT2D eigenvalue weighted by molar-refractivity contribution is 7.99. The van der Waals surface area contributed by atoms with Crippen LogP contribution in [0, 0.1) is 13.8 Å². The first-order valence-corrected chi connectivity index (χ1v) is 9.41. The van der Waals surface area contributed by atoms with Crippen molar-refractivity contribution in [2.24, 2.45) is 0 Å². The fraction of sp³-hybridized carbons (Fsp3) is 0.211. The fourth-order valence-electron chi connectivity index (χ4n) is 2.63. The van der Waals surface area contributed by atoms with Crippen molar-refractivity contribution < 1.29 is 4.79 Å². The summed E-state index contributed by atoms with van der Waals surface area (Å²) >= 11 is 7.28. The van der Waals surface area contributed by atoms with Crippen LogP contribution in [0.3, 0.4) is 0 Å². The number of hydrogen-bond acceptors (Lipinski definition) is 4. The largest absolute Gasteiger partial charge is 0.358 e.